The lowest BCUT2D eigenvalue weighted by atomic mass is 9.96. The van der Waals surface area contributed by atoms with Crippen molar-refractivity contribution in [3.63, 3.8) is 0 Å². The first-order valence-corrected chi connectivity index (χ1v) is 9.33. The standard InChI is InChI=1S/C20H28N2O4/c1-4-14(3)16-8-6-7-9-17(16)21-18(23)19(24)22-12-10-15(11-13-22)20(25)26-5-2/h6-9,14-15H,4-5,10-13H2,1-3H3,(H,21,23). The van der Waals surface area contributed by atoms with Crippen LogP contribution in [-0.4, -0.2) is 42.4 Å². The summed E-state index contributed by atoms with van der Waals surface area (Å²) in [5, 5.41) is 2.76. The Morgan fingerprint density at radius 3 is 2.46 bits per heavy atom. The normalized spacial score (nSPS) is 16.0. The maximum Gasteiger partial charge on any atom is 0.313 e. The number of para-hydroxylation sites is 1. The highest BCUT2D eigenvalue weighted by Gasteiger charge is 2.31. The van der Waals surface area contributed by atoms with E-state index in [4.69, 9.17) is 4.74 Å². The fourth-order valence-corrected chi connectivity index (χ4v) is 3.16. The number of hydrogen-bond donors (Lipinski definition) is 1. The number of nitrogens with zero attached hydrogens (tertiary/aromatic N) is 1. The van der Waals surface area contributed by atoms with E-state index in [2.05, 4.69) is 19.2 Å². The maximum absolute atomic E-state index is 12.5. The van der Waals surface area contributed by atoms with Crippen molar-refractivity contribution in [2.45, 2.75) is 46.0 Å². The van der Waals surface area contributed by atoms with Crippen LogP contribution in [0.2, 0.25) is 0 Å². The highest BCUT2D eigenvalue weighted by atomic mass is 16.5. The molecular formula is C20H28N2O4. The maximum atomic E-state index is 12.5. The number of rotatable bonds is 5. The van der Waals surface area contributed by atoms with Crippen molar-refractivity contribution in [2.24, 2.45) is 5.92 Å². The van der Waals surface area contributed by atoms with Gasteiger partial charge >= 0.3 is 17.8 Å². The van der Waals surface area contributed by atoms with Gasteiger partial charge in [0.15, 0.2) is 0 Å². The summed E-state index contributed by atoms with van der Waals surface area (Å²) in [7, 11) is 0. The molecule has 6 heteroatoms. The second-order valence-electron chi connectivity index (χ2n) is 6.67. The summed E-state index contributed by atoms with van der Waals surface area (Å²) in [5.41, 5.74) is 1.71. The van der Waals surface area contributed by atoms with Crippen LogP contribution in [0.25, 0.3) is 0 Å². The first-order valence-electron chi connectivity index (χ1n) is 9.33. The first-order chi connectivity index (χ1) is 12.5. The minimum absolute atomic E-state index is 0.187. The van der Waals surface area contributed by atoms with E-state index in [1.165, 1.54) is 4.90 Å². The lowest BCUT2D eigenvalue weighted by Gasteiger charge is -2.30. The predicted octanol–water partition coefficient (Wildman–Crippen LogP) is 2.94. The highest BCUT2D eigenvalue weighted by molar-refractivity contribution is 6.39. The Labute approximate surface area is 154 Å². The largest absolute Gasteiger partial charge is 0.466 e. The van der Waals surface area contributed by atoms with Gasteiger partial charge < -0.3 is 15.0 Å². The average molecular weight is 360 g/mol. The summed E-state index contributed by atoms with van der Waals surface area (Å²) in [6.45, 7) is 7.09. The molecule has 0 spiro atoms. The molecule has 1 saturated heterocycles. The van der Waals surface area contributed by atoms with Crippen molar-refractivity contribution in [1.29, 1.82) is 0 Å². The van der Waals surface area contributed by atoms with E-state index in [-0.39, 0.29) is 11.9 Å². The lowest BCUT2D eigenvalue weighted by Crippen LogP contribution is -2.45. The number of esters is 1. The van der Waals surface area contributed by atoms with E-state index >= 15 is 0 Å². The Kier molecular flexibility index (Phi) is 7.18. The van der Waals surface area contributed by atoms with Crippen LogP contribution in [0.15, 0.2) is 24.3 Å². The monoisotopic (exact) mass is 360 g/mol. The van der Waals surface area contributed by atoms with Crippen LogP contribution in [0, 0.1) is 5.92 Å². The molecule has 1 N–H and O–H groups in total. The number of ether oxygens (including phenoxy) is 1. The molecule has 1 aliphatic rings. The van der Waals surface area contributed by atoms with Gasteiger partial charge in [0.05, 0.1) is 12.5 Å². The molecule has 142 valence electrons. The number of amides is 2. The first kappa shape index (κ1) is 19.9. The summed E-state index contributed by atoms with van der Waals surface area (Å²) < 4.78 is 5.03. The Morgan fingerprint density at radius 1 is 1.19 bits per heavy atom. The molecule has 0 aliphatic carbocycles. The number of hydrogen-bond acceptors (Lipinski definition) is 4. The smallest absolute Gasteiger partial charge is 0.313 e. The zero-order valence-corrected chi connectivity index (χ0v) is 15.8. The number of likely N-dealkylation sites (tertiary alicyclic amines) is 1. The van der Waals surface area contributed by atoms with Crippen LogP contribution >= 0.6 is 0 Å². The van der Waals surface area contributed by atoms with Crippen LogP contribution < -0.4 is 5.32 Å². The molecule has 26 heavy (non-hydrogen) atoms. The van der Waals surface area contributed by atoms with Gasteiger partial charge in [0.1, 0.15) is 0 Å². The molecule has 2 amide bonds. The molecule has 1 aliphatic heterocycles. The van der Waals surface area contributed by atoms with Gasteiger partial charge in [0, 0.05) is 18.8 Å². The molecule has 1 unspecified atom stereocenters. The topological polar surface area (TPSA) is 75.7 Å². The van der Waals surface area contributed by atoms with Gasteiger partial charge in [-0.1, -0.05) is 32.0 Å². The fraction of sp³-hybridized carbons (Fsp3) is 0.550. The van der Waals surface area contributed by atoms with Crippen molar-refractivity contribution in [3.05, 3.63) is 29.8 Å². The lowest BCUT2D eigenvalue weighted by molar-refractivity contribution is -0.152. The number of nitrogens with one attached hydrogen (secondary N) is 1. The van der Waals surface area contributed by atoms with Gasteiger partial charge in [0.2, 0.25) is 0 Å². The molecule has 2 rings (SSSR count). The highest BCUT2D eigenvalue weighted by Crippen LogP contribution is 2.26. The number of benzene rings is 1. The Balaban J connectivity index is 1.95. The third kappa shape index (κ3) is 4.84. The number of carbonyl (C=O) groups is 3. The van der Waals surface area contributed by atoms with Crippen molar-refractivity contribution < 1.29 is 19.1 Å². The van der Waals surface area contributed by atoms with Gasteiger partial charge in [-0.2, -0.15) is 0 Å². The zero-order valence-electron chi connectivity index (χ0n) is 15.8. The molecule has 6 nitrogen and oxygen atoms in total. The second kappa shape index (κ2) is 9.36. The number of piperidine rings is 1. The Morgan fingerprint density at radius 2 is 1.85 bits per heavy atom. The predicted molar refractivity (Wildman–Crippen MR) is 99.7 cm³/mol. The van der Waals surface area contributed by atoms with E-state index in [0.29, 0.717) is 44.1 Å². The van der Waals surface area contributed by atoms with Crippen LogP contribution in [-0.2, 0) is 19.1 Å². The number of anilines is 1. The summed E-state index contributed by atoms with van der Waals surface area (Å²) in [6, 6.07) is 7.56. The minimum Gasteiger partial charge on any atom is -0.466 e. The second-order valence-corrected chi connectivity index (χ2v) is 6.67. The molecule has 1 aromatic rings. The van der Waals surface area contributed by atoms with Crippen molar-refractivity contribution in [1.82, 2.24) is 4.90 Å². The molecule has 1 atom stereocenters. The average Bonchev–Trinajstić information content (AvgIpc) is 2.67. The van der Waals surface area contributed by atoms with E-state index in [9.17, 15) is 14.4 Å². The summed E-state index contributed by atoms with van der Waals surface area (Å²) in [4.78, 5) is 38.1. The van der Waals surface area contributed by atoms with Gasteiger partial charge in [-0.25, -0.2) is 0 Å². The molecule has 1 heterocycles. The zero-order chi connectivity index (χ0) is 19.1. The summed E-state index contributed by atoms with van der Waals surface area (Å²) >= 11 is 0. The van der Waals surface area contributed by atoms with Gasteiger partial charge in [-0.15, -0.1) is 0 Å². The summed E-state index contributed by atoms with van der Waals surface area (Å²) in [5.74, 6) is -1.29. The third-order valence-electron chi connectivity index (χ3n) is 4.95. The quantitative estimate of drug-likeness (QED) is 0.647. The third-order valence-corrected chi connectivity index (χ3v) is 4.95. The van der Waals surface area contributed by atoms with E-state index in [1.807, 2.05) is 24.3 Å². The van der Waals surface area contributed by atoms with Crippen LogP contribution in [0.1, 0.15) is 51.5 Å². The Bertz CT molecular complexity index is 651. The van der Waals surface area contributed by atoms with Gasteiger partial charge in [0.25, 0.3) is 0 Å². The van der Waals surface area contributed by atoms with Gasteiger partial charge in [-0.3, -0.25) is 14.4 Å². The molecule has 0 aromatic heterocycles. The molecule has 0 bridgehead atoms. The molecule has 1 aromatic carbocycles. The molecular weight excluding hydrogens is 332 g/mol. The van der Waals surface area contributed by atoms with Crippen LogP contribution in [0.3, 0.4) is 0 Å². The van der Waals surface area contributed by atoms with E-state index in [0.717, 1.165) is 12.0 Å². The van der Waals surface area contributed by atoms with Crippen molar-refractivity contribution in [2.75, 3.05) is 25.0 Å². The Hall–Kier alpha value is -2.37. The number of carbonyl (C=O) groups excluding carboxylic acids is 3. The fourth-order valence-electron chi connectivity index (χ4n) is 3.16. The minimum atomic E-state index is -0.629. The molecule has 0 saturated carbocycles. The van der Waals surface area contributed by atoms with Gasteiger partial charge in [-0.05, 0) is 43.7 Å². The van der Waals surface area contributed by atoms with Crippen LogP contribution in [0.4, 0.5) is 5.69 Å². The SMILES string of the molecule is CCOC(=O)C1CCN(C(=O)C(=O)Nc2ccccc2C(C)CC)CC1. The van der Waals surface area contributed by atoms with E-state index in [1.54, 1.807) is 6.92 Å². The van der Waals surface area contributed by atoms with Crippen molar-refractivity contribution >= 4 is 23.5 Å². The molecule has 1 fully saturated rings. The van der Waals surface area contributed by atoms with Crippen LogP contribution in [0.5, 0.6) is 0 Å². The van der Waals surface area contributed by atoms with Crippen molar-refractivity contribution in [3.8, 4) is 0 Å². The molecule has 0 radical (unpaired) electrons. The van der Waals surface area contributed by atoms with E-state index < -0.39 is 11.8 Å². The summed E-state index contributed by atoms with van der Waals surface area (Å²) in [6.07, 6.45) is 2.00.